The smallest absolute Gasteiger partial charge is 0.226 e. The van der Waals surface area contributed by atoms with Gasteiger partial charge in [0.05, 0.1) is 6.10 Å². The van der Waals surface area contributed by atoms with Crippen LogP contribution in [-0.4, -0.2) is 41.6 Å². The highest BCUT2D eigenvalue weighted by molar-refractivity contribution is 5.96. The molecule has 2 aliphatic heterocycles. The van der Waals surface area contributed by atoms with Gasteiger partial charge in [-0.25, -0.2) is 0 Å². The van der Waals surface area contributed by atoms with E-state index >= 15 is 0 Å². The van der Waals surface area contributed by atoms with Crippen LogP contribution in [0, 0.1) is 5.92 Å². The molecular formula is C20H30N2O2. The number of anilines is 1. The van der Waals surface area contributed by atoms with Crippen LogP contribution in [-0.2, 0) is 11.2 Å². The first-order valence-electron chi connectivity index (χ1n) is 9.35. The van der Waals surface area contributed by atoms with E-state index in [-0.39, 0.29) is 11.9 Å². The molecule has 3 rings (SSSR count). The Morgan fingerprint density at radius 2 is 2.17 bits per heavy atom. The third kappa shape index (κ3) is 3.50. The van der Waals surface area contributed by atoms with Crippen molar-refractivity contribution in [2.24, 2.45) is 5.92 Å². The first-order valence-corrected chi connectivity index (χ1v) is 9.35. The number of hydrogen-bond acceptors (Lipinski definition) is 3. The Bertz CT molecular complexity index is 601. The minimum absolute atomic E-state index is 0.178. The second kappa shape index (κ2) is 7.24. The standard InChI is InChI=1S/C20H30N2O2/c1-4-20(24)22-15(3)10-17-11-16(7-8-18(17)22)19(23)13-21-9-5-6-14(2)12-21/h7-8,11,14-15,19,23H,4-6,9-10,12-13H2,1-3H3. The van der Waals surface area contributed by atoms with Crippen LogP contribution in [0.25, 0.3) is 0 Å². The van der Waals surface area contributed by atoms with Gasteiger partial charge in [0.25, 0.3) is 0 Å². The molecule has 3 unspecified atom stereocenters. The highest BCUT2D eigenvalue weighted by Crippen LogP contribution is 2.34. The van der Waals surface area contributed by atoms with Gasteiger partial charge in [-0.1, -0.05) is 26.0 Å². The summed E-state index contributed by atoms with van der Waals surface area (Å²) in [6.45, 7) is 9.16. The van der Waals surface area contributed by atoms with E-state index in [1.165, 1.54) is 18.4 Å². The third-order valence-electron chi connectivity index (χ3n) is 5.45. The lowest BCUT2D eigenvalue weighted by Crippen LogP contribution is -2.37. The van der Waals surface area contributed by atoms with Gasteiger partial charge in [0, 0.05) is 31.2 Å². The van der Waals surface area contributed by atoms with Gasteiger partial charge in [-0.15, -0.1) is 0 Å². The Morgan fingerprint density at radius 3 is 2.88 bits per heavy atom. The lowest BCUT2D eigenvalue weighted by atomic mass is 9.98. The van der Waals surface area contributed by atoms with Gasteiger partial charge in [0.2, 0.25) is 5.91 Å². The second-order valence-electron chi connectivity index (χ2n) is 7.58. The maximum absolute atomic E-state index is 12.2. The van der Waals surface area contributed by atoms with Crippen molar-refractivity contribution in [2.45, 2.75) is 58.6 Å². The fraction of sp³-hybridized carbons (Fsp3) is 0.650. The average molecular weight is 330 g/mol. The predicted octanol–water partition coefficient (Wildman–Crippen LogP) is 3.14. The fourth-order valence-electron chi connectivity index (χ4n) is 4.21. The van der Waals surface area contributed by atoms with Crippen LogP contribution in [0.15, 0.2) is 18.2 Å². The van der Waals surface area contributed by atoms with Crippen LogP contribution in [0.2, 0.25) is 0 Å². The zero-order valence-electron chi connectivity index (χ0n) is 15.2. The predicted molar refractivity (Wildman–Crippen MR) is 97.2 cm³/mol. The molecule has 1 N–H and O–H groups in total. The highest BCUT2D eigenvalue weighted by atomic mass is 16.3. The van der Waals surface area contributed by atoms with Crippen LogP contribution in [0.4, 0.5) is 5.69 Å². The Morgan fingerprint density at radius 1 is 1.38 bits per heavy atom. The summed E-state index contributed by atoms with van der Waals surface area (Å²) in [5.74, 6) is 0.900. The minimum atomic E-state index is -0.452. The van der Waals surface area contributed by atoms with Crippen LogP contribution >= 0.6 is 0 Å². The zero-order valence-corrected chi connectivity index (χ0v) is 15.2. The van der Waals surface area contributed by atoms with Gasteiger partial charge in [-0.2, -0.15) is 0 Å². The summed E-state index contributed by atoms with van der Waals surface area (Å²) >= 11 is 0. The van der Waals surface area contributed by atoms with Gasteiger partial charge < -0.3 is 14.9 Å². The van der Waals surface area contributed by atoms with E-state index < -0.39 is 6.10 Å². The van der Waals surface area contributed by atoms with Crippen molar-refractivity contribution in [1.29, 1.82) is 0 Å². The molecule has 1 aromatic carbocycles. The SMILES string of the molecule is CCC(=O)N1c2ccc(C(O)CN3CCCC(C)C3)cc2CC1C. The molecule has 0 spiro atoms. The van der Waals surface area contributed by atoms with Crippen molar-refractivity contribution in [3.8, 4) is 0 Å². The Labute approximate surface area is 145 Å². The van der Waals surface area contributed by atoms with E-state index in [1.807, 2.05) is 24.0 Å². The van der Waals surface area contributed by atoms with Crippen LogP contribution in [0.1, 0.15) is 57.3 Å². The first-order chi connectivity index (χ1) is 11.5. The zero-order chi connectivity index (χ0) is 17.3. The van der Waals surface area contributed by atoms with E-state index in [0.29, 0.717) is 13.0 Å². The number of carbonyl (C=O) groups is 1. The van der Waals surface area contributed by atoms with Crippen molar-refractivity contribution in [3.05, 3.63) is 29.3 Å². The molecule has 0 aromatic heterocycles. The molecule has 2 heterocycles. The molecule has 2 aliphatic rings. The van der Waals surface area contributed by atoms with E-state index in [1.54, 1.807) is 0 Å². The number of amides is 1. The van der Waals surface area contributed by atoms with E-state index in [0.717, 1.165) is 36.7 Å². The number of piperidine rings is 1. The molecule has 1 fully saturated rings. The number of β-amino-alcohol motifs (C(OH)–C–C–N with tert-alkyl or cyclic N) is 1. The van der Waals surface area contributed by atoms with Gasteiger partial charge in [0.15, 0.2) is 0 Å². The lowest BCUT2D eigenvalue weighted by Gasteiger charge is -2.32. The van der Waals surface area contributed by atoms with Crippen LogP contribution < -0.4 is 4.90 Å². The van der Waals surface area contributed by atoms with E-state index in [9.17, 15) is 9.90 Å². The Kier molecular flexibility index (Phi) is 5.26. The molecule has 1 saturated heterocycles. The first kappa shape index (κ1) is 17.4. The number of hydrogen-bond donors (Lipinski definition) is 1. The maximum Gasteiger partial charge on any atom is 0.226 e. The van der Waals surface area contributed by atoms with Gasteiger partial charge >= 0.3 is 0 Å². The summed E-state index contributed by atoms with van der Waals surface area (Å²) in [4.78, 5) is 16.5. The van der Waals surface area contributed by atoms with Crippen molar-refractivity contribution in [2.75, 3.05) is 24.5 Å². The van der Waals surface area contributed by atoms with Crippen molar-refractivity contribution in [3.63, 3.8) is 0 Å². The molecule has 0 saturated carbocycles. The molecular weight excluding hydrogens is 300 g/mol. The molecule has 1 aromatic rings. The van der Waals surface area contributed by atoms with Gasteiger partial charge in [0.1, 0.15) is 0 Å². The van der Waals surface area contributed by atoms with Crippen LogP contribution in [0.3, 0.4) is 0 Å². The summed E-state index contributed by atoms with van der Waals surface area (Å²) in [6, 6.07) is 6.32. The largest absolute Gasteiger partial charge is 0.387 e. The van der Waals surface area contributed by atoms with Crippen LogP contribution in [0.5, 0.6) is 0 Å². The quantitative estimate of drug-likeness (QED) is 0.922. The molecule has 4 nitrogen and oxygen atoms in total. The molecule has 3 atom stereocenters. The highest BCUT2D eigenvalue weighted by Gasteiger charge is 2.30. The number of rotatable bonds is 4. The number of nitrogens with zero attached hydrogens (tertiary/aromatic N) is 2. The van der Waals surface area contributed by atoms with Crippen molar-refractivity contribution >= 4 is 11.6 Å². The lowest BCUT2D eigenvalue weighted by molar-refractivity contribution is -0.118. The van der Waals surface area contributed by atoms with Crippen molar-refractivity contribution in [1.82, 2.24) is 4.90 Å². The van der Waals surface area contributed by atoms with Gasteiger partial charge in [-0.3, -0.25) is 4.79 Å². The molecule has 1 amide bonds. The number of benzene rings is 1. The van der Waals surface area contributed by atoms with E-state index in [4.69, 9.17) is 0 Å². The summed E-state index contributed by atoms with van der Waals surface area (Å²) in [5, 5.41) is 10.7. The summed E-state index contributed by atoms with van der Waals surface area (Å²) < 4.78 is 0. The molecule has 0 aliphatic carbocycles. The number of likely N-dealkylation sites (tertiary alicyclic amines) is 1. The monoisotopic (exact) mass is 330 g/mol. The third-order valence-corrected chi connectivity index (χ3v) is 5.45. The Balaban J connectivity index is 1.72. The summed E-state index contributed by atoms with van der Waals surface area (Å²) in [6.07, 6.45) is 3.48. The Hall–Kier alpha value is -1.39. The topological polar surface area (TPSA) is 43.8 Å². The molecule has 24 heavy (non-hydrogen) atoms. The number of fused-ring (bicyclic) bond motifs is 1. The maximum atomic E-state index is 12.2. The van der Waals surface area contributed by atoms with E-state index in [2.05, 4.69) is 24.8 Å². The minimum Gasteiger partial charge on any atom is -0.387 e. The molecule has 132 valence electrons. The molecule has 0 bridgehead atoms. The average Bonchev–Trinajstić information content (AvgIpc) is 2.89. The second-order valence-corrected chi connectivity index (χ2v) is 7.58. The normalized spacial score (nSPS) is 25.6. The number of aliphatic hydroxyl groups is 1. The van der Waals surface area contributed by atoms with Crippen molar-refractivity contribution < 1.29 is 9.90 Å². The van der Waals surface area contributed by atoms with Gasteiger partial charge in [-0.05, 0) is 55.8 Å². The summed E-state index contributed by atoms with van der Waals surface area (Å²) in [7, 11) is 0. The number of aliphatic hydroxyl groups excluding tert-OH is 1. The summed E-state index contributed by atoms with van der Waals surface area (Å²) in [5.41, 5.74) is 3.19. The number of carbonyl (C=O) groups excluding carboxylic acids is 1. The fourth-order valence-corrected chi connectivity index (χ4v) is 4.21. The molecule has 0 radical (unpaired) electrons. The molecule has 4 heteroatoms.